The van der Waals surface area contributed by atoms with Crippen molar-refractivity contribution in [2.45, 2.75) is 0 Å². The fourth-order valence-corrected chi connectivity index (χ4v) is 0.888. The highest BCUT2D eigenvalue weighted by molar-refractivity contribution is 5.69. The average Bonchev–Trinajstić information content (AvgIpc) is 2.59. The van der Waals surface area contributed by atoms with Gasteiger partial charge in [-0.25, -0.2) is 9.66 Å². The van der Waals surface area contributed by atoms with E-state index in [0.29, 0.717) is 0 Å². The third-order valence-corrected chi connectivity index (χ3v) is 1.38. The average molecular weight is 135 g/mol. The number of nitrogens with zero attached hydrogens (tertiary/aromatic N) is 4. The molecule has 10 heavy (non-hydrogen) atoms. The van der Waals surface area contributed by atoms with Crippen molar-refractivity contribution >= 4 is 6.34 Å². The normalized spacial score (nSPS) is 16.6. The SMILES string of the molecule is [C]1=NCCN1n1ccnc1. The van der Waals surface area contributed by atoms with Crippen LogP contribution in [-0.2, 0) is 0 Å². The maximum atomic E-state index is 3.95. The molecule has 0 N–H and O–H groups in total. The Balaban J connectivity index is 2.20. The zero-order valence-electron chi connectivity index (χ0n) is 5.44. The van der Waals surface area contributed by atoms with Gasteiger partial charge >= 0.3 is 0 Å². The van der Waals surface area contributed by atoms with Gasteiger partial charge in [-0.05, 0) is 0 Å². The van der Waals surface area contributed by atoms with Gasteiger partial charge in [0.25, 0.3) is 0 Å². The van der Waals surface area contributed by atoms with Gasteiger partial charge in [-0.2, -0.15) is 0 Å². The van der Waals surface area contributed by atoms with Gasteiger partial charge < -0.3 is 0 Å². The molecule has 0 unspecified atom stereocenters. The molecule has 4 heteroatoms. The maximum Gasteiger partial charge on any atom is 0.188 e. The van der Waals surface area contributed by atoms with Crippen molar-refractivity contribution in [3.05, 3.63) is 18.7 Å². The summed E-state index contributed by atoms with van der Waals surface area (Å²) < 4.78 is 1.86. The Labute approximate surface area is 58.8 Å². The van der Waals surface area contributed by atoms with Crippen LogP contribution in [0.4, 0.5) is 0 Å². The molecule has 51 valence electrons. The van der Waals surface area contributed by atoms with Gasteiger partial charge in [0, 0.05) is 12.4 Å². The molecule has 0 fully saturated rings. The van der Waals surface area contributed by atoms with Gasteiger partial charge in [-0.1, -0.05) is 0 Å². The van der Waals surface area contributed by atoms with Gasteiger partial charge in [0.1, 0.15) is 6.33 Å². The molecule has 0 saturated heterocycles. The summed E-state index contributed by atoms with van der Waals surface area (Å²) in [4.78, 5) is 7.85. The van der Waals surface area contributed by atoms with Gasteiger partial charge in [0.05, 0.1) is 13.1 Å². The van der Waals surface area contributed by atoms with Gasteiger partial charge in [-0.3, -0.25) is 10.0 Å². The van der Waals surface area contributed by atoms with Crippen LogP contribution in [0.2, 0.25) is 0 Å². The van der Waals surface area contributed by atoms with Crippen LogP contribution in [0.5, 0.6) is 0 Å². The molecule has 1 aliphatic rings. The van der Waals surface area contributed by atoms with Crippen molar-refractivity contribution < 1.29 is 0 Å². The van der Waals surface area contributed by atoms with Crippen LogP contribution < -0.4 is 5.01 Å². The van der Waals surface area contributed by atoms with Gasteiger partial charge in [0.2, 0.25) is 0 Å². The lowest BCUT2D eigenvalue weighted by molar-refractivity contribution is 0.752. The first-order chi connectivity index (χ1) is 4.97. The van der Waals surface area contributed by atoms with Crippen molar-refractivity contribution in [2.75, 3.05) is 18.1 Å². The molecule has 2 heterocycles. The first-order valence-corrected chi connectivity index (χ1v) is 3.15. The minimum atomic E-state index is 0.832. The monoisotopic (exact) mass is 135 g/mol. The van der Waals surface area contributed by atoms with Gasteiger partial charge in [0.15, 0.2) is 6.34 Å². The van der Waals surface area contributed by atoms with Crippen LogP contribution in [0.3, 0.4) is 0 Å². The molecule has 4 nitrogen and oxygen atoms in total. The summed E-state index contributed by atoms with van der Waals surface area (Å²) in [6.45, 7) is 1.73. The minimum absolute atomic E-state index is 0.832. The van der Waals surface area contributed by atoms with Gasteiger partial charge in [-0.15, -0.1) is 0 Å². The summed E-state index contributed by atoms with van der Waals surface area (Å²) in [6.07, 6.45) is 8.18. The Hall–Kier alpha value is -1.32. The Morgan fingerprint density at radius 1 is 1.50 bits per heavy atom. The second-order valence-electron chi connectivity index (χ2n) is 2.05. The van der Waals surface area contributed by atoms with Crippen molar-refractivity contribution in [3.63, 3.8) is 0 Å². The molecule has 0 aliphatic carbocycles. The predicted octanol–water partition coefficient (Wildman–Crippen LogP) is -0.260. The molecule has 0 atom stereocenters. The molecular formula is C6H7N4. The maximum absolute atomic E-state index is 3.95. The summed E-state index contributed by atoms with van der Waals surface area (Å²) in [5.41, 5.74) is 0. The van der Waals surface area contributed by atoms with Crippen molar-refractivity contribution in [3.8, 4) is 0 Å². The first kappa shape index (κ1) is 5.46. The molecule has 0 amide bonds. The van der Waals surface area contributed by atoms with Crippen LogP contribution in [0.25, 0.3) is 0 Å². The van der Waals surface area contributed by atoms with Crippen molar-refractivity contribution in [1.82, 2.24) is 9.66 Å². The molecular weight excluding hydrogens is 128 g/mol. The lowest BCUT2D eigenvalue weighted by Gasteiger charge is -2.12. The van der Waals surface area contributed by atoms with E-state index in [1.807, 2.05) is 15.9 Å². The van der Waals surface area contributed by atoms with Crippen molar-refractivity contribution in [2.24, 2.45) is 4.99 Å². The highest BCUT2D eigenvalue weighted by Gasteiger charge is 2.05. The minimum Gasteiger partial charge on any atom is -0.262 e. The quantitative estimate of drug-likeness (QED) is 0.531. The summed E-state index contributed by atoms with van der Waals surface area (Å²) in [5, 5.41) is 1.88. The van der Waals surface area contributed by atoms with E-state index in [2.05, 4.69) is 16.3 Å². The summed E-state index contributed by atoms with van der Waals surface area (Å²) in [5.74, 6) is 0. The third-order valence-electron chi connectivity index (χ3n) is 1.38. The van der Waals surface area contributed by atoms with E-state index in [0.717, 1.165) is 13.1 Å². The van der Waals surface area contributed by atoms with Crippen LogP contribution in [0, 0.1) is 0 Å². The summed E-state index contributed by atoms with van der Waals surface area (Å²) in [6, 6.07) is 0. The van der Waals surface area contributed by atoms with E-state index in [9.17, 15) is 0 Å². The molecule has 1 radical (unpaired) electrons. The summed E-state index contributed by atoms with van der Waals surface area (Å²) >= 11 is 0. The van der Waals surface area contributed by atoms with E-state index >= 15 is 0 Å². The second kappa shape index (κ2) is 2.13. The summed E-state index contributed by atoms with van der Waals surface area (Å²) in [7, 11) is 0. The largest absolute Gasteiger partial charge is 0.262 e. The standard InChI is InChI=1S/C6H7N4/c1-3-9(5-7-1)10-4-2-8-6-10/h1,3,5H,2,4H2. The Morgan fingerprint density at radius 2 is 2.50 bits per heavy atom. The number of hydrogen-bond donors (Lipinski definition) is 0. The van der Waals surface area contributed by atoms with E-state index in [-0.39, 0.29) is 0 Å². The van der Waals surface area contributed by atoms with Crippen LogP contribution >= 0.6 is 0 Å². The Bertz CT molecular complexity index is 226. The highest BCUT2D eigenvalue weighted by Crippen LogP contribution is 1.92. The zero-order chi connectivity index (χ0) is 6.81. The number of aliphatic imine (C=N–C) groups is 1. The highest BCUT2D eigenvalue weighted by atomic mass is 15.6. The first-order valence-electron chi connectivity index (χ1n) is 3.15. The lowest BCUT2D eigenvalue weighted by atomic mass is 10.7. The lowest BCUT2D eigenvalue weighted by Crippen LogP contribution is -2.29. The van der Waals surface area contributed by atoms with E-state index in [1.165, 1.54) is 0 Å². The predicted molar refractivity (Wildman–Crippen MR) is 37.6 cm³/mol. The second-order valence-corrected chi connectivity index (χ2v) is 2.05. The molecule has 1 aromatic rings. The topological polar surface area (TPSA) is 33.4 Å². The Morgan fingerprint density at radius 3 is 3.10 bits per heavy atom. The number of aromatic nitrogens is 2. The molecule has 0 bridgehead atoms. The number of hydrogen-bond acceptors (Lipinski definition) is 3. The van der Waals surface area contributed by atoms with E-state index < -0.39 is 0 Å². The zero-order valence-corrected chi connectivity index (χ0v) is 5.44. The van der Waals surface area contributed by atoms with E-state index in [4.69, 9.17) is 0 Å². The Kier molecular flexibility index (Phi) is 1.16. The smallest absolute Gasteiger partial charge is 0.188 e. The fraction of sp³-hybridized carbons (Fsp3) is 0.333. The van der Waals surface area contributed by atoms with Crippen LogP contribution in [0.15, 0.2) is 23.7 Å². The molecule has 0 spiro atoms. The number of imidazole rings is 1. The third kappa shape index (κ3) is 0.775. The van der Waals surface area contributed by atoms with Crippen LogP contribution in [0.1, 0.15) is 0 Å². The van der Waals surface area contributed by atoms with Crippen molar-refractivity contribution in [1.29, 1.82) is 0 Å². The molecule has 2 rings (SSSR count). The molecule has 1 aromatic heterocycles. The molecule has 0 aromatic carbocycles. The van der Waals surface area contributed by atoms with Crippen LogP contribution in [-0.4, -0.2) is 29.1 Å². The molecule has 1 aliphatic heterocycles. The van der Waals surface area contributed by atoms with E-state index in [1.54, 1.807) is 12.5 Å². The fourth-order valence-electron chi connectivity index (χ4n) is 0.888. The number of rotatable bonds is 1. The molecule has 0 saturated carbocycles.